The molecule has 0 radical (unpaired) electrons. The predicted octanol–water partition coefficient (Wildman–Crippen LogP) is 1.85. The van der Waals surface area contributed by atoms with E-state index in [0.29, 0.717) is 18.5 Å². The molecule has 1 amide bonds. The van der Waals surface area contributed by atoms with Gasteiger partial charge >= 0.3 is 0 Å². The molecular weight excluding hydrogens is 302 g/mol. The van der Waals surface area contributed by atoms with Gasteiger partial charge in [-0.15, -0.1) is 0 Å². The van der Waals surface area contributed by atoms with E-state index in [9.17, 15) is 9.90 Å². The van der Waals surface area contributed by atoms with E-state index < -0.39 is 0 Å². The van der Waals surface area contributed by atoms with Crippen LogP contribution in [0.25, 0.3) is 0 Å². The minimum atomic E-state index is -0.239. The van der Waals surface area contributed by atoms with E-state index in [1.165, 1.54) is 38.5 Å². The van der Waals surface area contributed by atoms with Gasteiger partial charge in [0.1, 0.15) is 0 Å². The molecule has 140 valence electrons. The van der Waals surface area contributed by atoms with Crippen LogP contribution in [-0.4, -0.2) is 72.7 Å². The fraction of sp³-hybridized carbons (Fsp3) is 0.947. The number of hydrogen-bond donors (Lipinski definition) is 2. The van der Waals surface area contributed by atoms with Crippen molar-refractivity contribution in [3.63, 3.8) is 0 Å². The zero-order valence-corrected chi connectivity index (χ0v) is 15.7. The second kappa shape index (κ2) is 10.4. The van der Waals surface area contributed by atoms with Crippen molar-refractivity contribution >= 4 is 5.91 Å². The van der Waals surface area contributed by atoms with E-state index in [1.54, 1.807) is 0 Å². The average molecular weight is 340 g/mol. The van der Waals surface area contributed by atoms with Gasteiger partial charge in [-0.1, -0.05) is 25.7 Å². The number of rotatable bonds is 7. The summed E-state index contributed by atoms with van der Waals surface area (Å²) in [5.74, 6) is 0.863. The molecule has 2 rings (SSSR count). The zero-order valence-electron chi connectivity index (χ0n) is 15.7. The number of nitrogens with zero attached hydrogens (tertiary/aromatic N) is 2. The Morgan fingerprint density at radius 2 is 1.79 bits per heavy atom. The summed E-state index contributed by atoms with van der Waals surface area (Å²) in [6.45, 7) is 6.29. The van der Waals surface area contributed by atoms with Crippen LogP contribution in [0.15, 0.2) is 0 Å². The molecule has 0 unspecified atom stereocenters. The number of piperidine rings is 1. The number of aliphatic hydroxyl groups excluding tert-OH is 1. The van der Waals surface area contributed by atoms with Crippen molar-refractivity contribution in [1.29, 1.82) is 0 Å². The van der Waals surface area contributed by atoms with Crippen molar-refractivity contribution < 1.29 is 9.90 Å². The van der Waals surface area contributed by atoms with Crippen LogP contribution in [0.4, 0.5) is 0 Å². The van der Waals surface area contributed by atoms with Crippen LogP contribution in [0.2, 0.25) is 0 Å². The Morgan fingerprint density at radius 3 is 2.38 bits per heavy atom. The lowest BCUT2D eigenvalue weighted by molar-refractivity contribution is -0.122. The summed E-state index contributed by atoms with van der Waals surface area (Å²) in [6, 6.07) is 0.400. The van der Waals surface area contributed by atoms with Gasteiger partial charge < -0.3 is 15.3 Å². The zero-order chi connectivity index (χ0) is 17.4. The lowest BCUT2D eigenvalue weighted by Gasteiger charge is -2.34. The molecule has 5 nitrogen and oxygen atoms in total. The molecule has 1 atom stereocenters. The minimum Gasteiger partial charge on any atom is -0.392 e. The van der Waals surface area contributed by atoms with E-state index in [0.717, 1.165) is 39.0 Å². The van der Waals surface area contributed by atoms with E-state index >= 15 is 0 Å². The maximum absolute atomic E-state index is 12.3. The summed E-state index contributed by atoms with van der Waals surface area (Å²) in [7, 11) is 2.06. The second-order valence-corrected chi connectivity index (χ2v) is 8.05. The number of amides is 1. The molecule has 0 aromatic rings. The maximum Gasteiger partial charge on any atom is 0.234 e. The van der Waals surface area contributed by atoms with Crippen LogP contribution in [0.1, 0.15) is 58.3 Å². The molecule has 1 heterocycles. The molecule has 5 heteroatoms. The van der Waals surface area contributed by atoms with E-state index in [-0.39, 0.29) is 12.0 Å². The van der Waals surface area contributed by atoms with Crippen LogP contribution >= 0.6 is 0 Å². The Bertz CT molecular complexity index is 360. The Morgan fingerprint density at radius 1 is 1.17 bits per heavy atom. The van der Waals surface area contributed by atoms with Gasteiger partial charge in [-0.3, -0.25) is 9.69 Å². The number of likely N-dealkylation sites (tertiary alicyclic amines) is 1. The Labute approximate surface area is 147 Å². The van der Waals surface area contributed by atoms with Gasteiger partial charge in [0.2, 0.25) is 5.91 Å². The fourth-order valence-corrected chi connectivity index (χ4v) is 4.17. The molecular formula is C19H37N3O2. The van der Waals surface area contributed by atoms with Crippen LogP contribution < -0.4 is 5.32 Å². The van der Waals surface area contributed by atoms with Crippen molar-refractivity contribution in [1.82, 2.24) is 15.1 Å². The molecule has 24 heavy (non-hydrogen) atoms. The molecule has 1 aliphatic heterocycles. The smallest absolute Gasteiger partial charge is 0.234 e. The third-order valence-electron chi connectivity index (χ3n) is 5.43. The molecule has 1 aliphatic carbocycles. The molecule has 1 saturated carbocycles. The topological polar surface area (TPSA) is 55.8 Å². The van der Waals surface area contributed by atoms with Crippen LogP contribution in [-0.2, 0) is 4.79 Å². The third-order valence-corrected chi connectivity index (χ3v) is 5.43. The molecule has 0 aromatic carbocycles. The molecule has 0 aromatic heterocycles. The first-order valence-corrected chi connectivity index (χ1v) is 9.91. The summed E-state index contributed by atoms with van der Waals surface area (Å²) >= 11 is 0. The van der Waals surface area contributed by atoms with Crippen LogP contribution in [0.3, 0.4) is 0 Å². The lowest BCUT2D eigenvalue weighted by atomic mass is 9.96. The first-order chi connectivity index (χ1) is 11.5. The van der Waals surface area contributed by atoms with Crippen LogP contribution in [0, 0.1) is 5.92 Å². The number of carbonyl (C=O) groups is 1. The highest BCUT2D eigenvalue weighted by Gasteiger charge is 2.22. The number of aliphatic hydroxyl groups is 1. The van der Waals surface area contributed by atoms with Gasteiger partial charge in [-0.2, -0.15) is 0 Å². The molecule has 1 saturated heterocycles. The maximum atomic E-state index is 12.3. The quantitative estimate of drug-likeness (QED) is 0.695. The Balaban J connectivity index is 1.62. The summed E-state index contributed by atoms with van der Waals surface area (Å²) in [4.78, 5) is 16.8. The number of carbonyl (C=O) groups excluding carboxylic acids is 1. The first-order valence-electron chi connectivity index (χ1n) is 9.91. The summed E-state index contributed by atoms with van der Waals surface area (Å²) in [5.41, 5.74) is 0. The second-order valence-electron chi connectivity index (χ2n) is 8.05. The third kappa shape index (κ3) is 7.49. The van der Waals surface area contributed by atoms with E-state index in [2.05, 4.69) is 22.2 Å². The highest BCUT2D eigenvalue weighted by Crippen LogP contribution is 2.19. The van der Waals surface area contributed by atoms with E-state index in [1.807, 2.05) is 6.92 Å². The van der Waals surface area contributed by atoms with Crippen molar-refractivity contribution in [3.8, 4) is 0 Å². The first kappa shape index (κ1) is 19.7. The van der Waals surface area contributed by atoms with E-state index in [4.69, 9.17) is 0 Å². The largest absolute Gasteiger partial charge is 0.392 e. The molecule has 0 bridgehead atoms. The molecule has 2 aliphatic rings. The molecule has 0 spiro atoms. The fourth-order valence-electron chi connectivity index (χ4n) is 4.17. The van der Waals surface area contributed by atoms with Crippen molar-refractivity contribution in [2.24, 2.45) is 5.92 Å². The number of hydrogen-bond acceptors (Lipinski definition) is 4. The van der Waals surface area contributed by atoms with Gasteiger partial charge in [0.05, 0.1) is 12.6 Å². The standard InChI is InChI=1S/C19H37N3O2/c1-16(23)13-22-11-9-17(10-12-22)14-21(2)15-19(24)20-18-7-5-3-4-6-8-18/h16-18,23H,3-15H2,1-2H3,(H,20,24)/t16-/m1/s1. The number of likely N-dealkylation sites (N-methyl/N-ethyl adjacent to an activating group) is 1. The van der Waals surface area contributed by atoms with Gasteiger partial charge in [0.15, 0.2) is 0 Å². The lowest BCUT2D eigenvalue weighted by Crippen LogP contribution is -2.44. The Hall–Kier alpha value is -0.650. The van der Waals surface area contributed by atoms with Crippen molar-refractivity contribution in [3.05, 3.63) is 0 Å². The highest BCUT2D eigenvalue weighted by molar-refractivity contribution is 5.78. The van der Waals surface area contributed by atoms with Crippen molar-refractivity contribution in [2.75, 3.05) is 39.8 Å². The summed E-state index contributed by atoms with van der Waals surface area (Å²) < 4.78 is 0. The van der Waals surface area contributed by atoms with Gasteiger partial charge in [-0.05, 0) is 58.7 Å². The molecule has 2 fully saturated rings. The Kier molecular flexibility index (Phi) is 8.50. The van der Waals surface area contributed by atoms with Gasteiger partial charge in [0.25, 0.3) is 0 Å². The average Bonchev–Trinajstić information content (AvgIpc) is 2.77. The predicted molar refractivity (Wildman–Crippen MR) is 98.0 cm³/mol. The normalized spacial score (nSPS) is 23.2. The highest BCUT2D eigenvalue weighted by atomic mass is 16.3. The number of β-amino-alcohol motifs (C(OH)–C–C–N with tert-alkyl or cyclic N) is 1. The van der Waals surface area contributed by atoms with Crippen molar-refractivity contribution in [2.45, 2.75) is 70.4 Å². The monoisotopic (exact) mass is 339 g/mol. The number of nitrogens with one attached hydrogen (secondary N) is 1. The van der Waals surface area contributed by atoms with Gasteiger partial charge in [-0.25, -0.2) is 0 Å². The van der Waals surface area contributed by atoms with Gasteiger partial charge in [0, 0.05) is 19.1 Å². The summed E-state index contributed by atoms with van der Waals surface area (Å²) in [5, 5.41) is 12.7. The summed E-state index contributed by atoms with van der Waals surface area (Å²) in [6.07, 6.45) is 9.55. The SMILES string of the molecule is C[C@@H](O)CN1CCC(CN(C)CC(=O)NC2CCCCCC2)CC1. The van der Waals surface area contributed by atoms with Crippen LogP contribution in [0.5, 0.6) is 0 Å². The molecule has 2 N–H and O–H groups in total. The minimum absolute atomic E-state index is 0.191.